The van der Waals surface area contributed by atoms with Crippen LogP contribution in [-0.2, 0) is 9.59 Å². The summed E-state index contributed by atoms with van der Waals surface area (Å²) in [5, 5.41) is 12.7. The molecule has 2 aliphatic heterocycles. The number of amides is 1. The molecule has 0 radical (unpaired) electrons. The zero-order chi connectivity index (χ0) is 29.9. The number of unbranched alkanes of at least 4 members (excludes halogenated alkanes) is 1. The molecule has 1 saturated heterocycles. The lowest BCUT2D eigenvalue weighted by Crippen LogP contribution is -2.41. The van der Waals surface area contributed by atoms with Crippen LogP contribution in [-0.4, -0.2) is 55.4 Å². The Hall–Kier alpha value is -4.56. The molecule has 0 bridgehead atoms. The van der Waals surface area contributed by atoms with Crippen molar-refractivity contribution >= 4 is 28.3 Å². The minimum absolute atomic E-state index is 0.0567. The monoisotopic (exact) mass is 580 g/mol. The number of carbonyl (C=O) groups is 2. The van der Waals surface area contributed by atoms with Crippen molar-refractivity contribution in [3.8, 4) is 17.2 Å². The number of fused-ring (bicyclic) bond motifs is 2. The third-order valence-electron chi connectivity index (χ3n) is 8.60. The van der Waals surface area contributed by atoms with Crippen LogP contribution >= 0.6 is 0 Å². The summed E-state index contributed by atoms with van der Waals surface area (Å²) in [6.45, 7) is 3.31. The second-order valence-corrected chi connectivity index (χ2v) is 11.1. The number of likely N-dealkylation sites (tertiary alicyclic amines) is 1. The van der Waals surface area contributed by atoms with E-state index < -0.39 is 17.9 Å². The summed E-state index contributed by atoms with van der Waals surface area (Å²) >= 11 is 0. The van der Waals surface area contributed by atoms with Crippen molar-refractivity contribution < 1.29 is 28.9 Å². The Morgan fingerprint density at radius 2 is 1.70 bits per heavy atom. The van der Waals surface area contributed by atoms with E-state index in [-0.39, 0.29) is 25.2 Å². The van der Waals surface area contributed by atoms with E-state index in [1.54, 1.807) is 7.11 Å². The standard InChI is InChI=1S/C35H36N2O6/c1-3-4-18-37(29-11-7-9-23-8-5-6-10-27(23)29)32(38)21-36-20-28(25-14-17-30-31(19-25)43-22-42-30)33(35(39)40)34(36)24-12-15-26(41-2)16-13-24/h5-17,19,28,33-34H,3-4,18,20-22H2,1-2H3,(H,39,40). The molecule has 0 aromatic heterocycles. The SMILES string of the molecule is CCCCN(C(=O)CN1CC(c2ccc3c(c2)OCO3)C(C(=O)O)C1c1ccc(OC)cc1)c1cccc2ccccc12. The highest BCUT2D eigenvalue weighted by molar-refractivity contribution is 6.04. The molecule has 8 nitrogen and oxygen atoms in total. The molecule has 4 aromatic carbocycles. The fourth-order valence-electron chi connectivity index (χ4n) is 6.47. The Balaban J connectivity index is 1.38. The molecule has 4 aromatic rings. The number of rotatable bonds is 10. The van der Waals surface area contributed by atoms with Crippen molar-refractivity contribution in [2.24, 2.45) is 5.92 Å². The van der Waals surface area contributed by atoms with E-state index in [9.17, 15) is 14.7 Å². The number of carboxylic acids is 1. The van der Waals surface area contributed by atoms with E-state index in [1.165, 1.54) is 0 Å². The van der Waals surface area contributed by atoms with E-state index in [0.717, 1.165) is 40.4 Å². The highest BCUT2D eigenvalue weighted by Crippen LogP contribution is 2.48. The summed E-state index contributed by atoms with van der Waals surface area (Å²) < 4.78 is 16.5. The topological polar surface area (TPSA) is 88.5 Å². The summed E-state index contributed by atoms with van der Waals surface area (Å²) in [6.07, 6.45) is 1.80. The van der Waals surface area contributed by atoms with Gasteiger partial charge in [0.15, 0.2) is 11.5 Å². The zero-order valence-electron chi connectivity index (χ0n) is 24.4. The Morgan fingerprint density at radius 3 is 2.47 bits per heavy atom. The van der Waals surface area contributed by atoms with Gasteiger partial charge in [0.05, 0.1) is 25.3 Å². The van der Waals surface area contributed by atoms with E-state index in [4.69, 9.17) is 14.2 Å². The number of hydrogen-bond donors (Lipinski definition) is 1. The Morgan fingerprint density at radius 1 is 0.953 bits per heavy atom. The maximum Gasteiger partial charge on any atom is 0.309 e. The molecular formula is C35H36N2O6. The lowest BCUT2D eigenvalue weighted by molar-refractivity contribution is -0.143. The fourth-order valence-corrected chi connectivity index (χ4v) is 6.47. The van der Waals surface area contributed by atoms with Gasteiger partial charge in [0, 0.05) is 30.4 Å². The molecule has 0 aliphatic carbocycles. The highest BCUT2D eigenvalue weighted by Gasteiger charge is 2.48. The predicted octanol–water partition coefficient (Wildman–Crippen LogP) is 6.25. The number of nitrogens with zero attached hydrogens (tertiary/aromatic N) is 2. The van der Waals surface area contributed by atoms with Gasteiger partial charge in [0.25, 0.3) is 0 Å². The van der Waals surface area contributed by atoms with Crippen molar-refractivity contribution in [2.75, 3.05) is 38.4 Å². The van der Waals surface area contributed by atoms with Crippen LogP contribution in [0.5, 0.6) is 17.2 Å². The first-order valence-corrected chi connectivity index (χ1v) is 14.8. The van der Waals surface area contributed by atoms with Crippen molar-refractivity contribution in [2.45, 2.75) is 31.7 Å². The van der Waals surface area contributed by atoms with Crippen LogP contribution in [0.4, 0.5) is 5.69 Å². The lowest BCUT2D eigenvalue weighted by Gasteiger charge is -2.30. The maximum absolute atomic E-state index is 14.3. The maximum atomic E-state index is 14.3. The number of hydrogen-bond acceptors (Lipinski definition) is 6. The van der Waals surface area contributed by atoms with Gasteiger partial charge in [0.2, 0.25) is 12.7 Å². The summed E-state index contributed by atoms with van der Waals surface area (Å²) in [7, 11) is 1.60. The van der Waals surface area contributed by atoms with Gasteiger partial charge in [-0.1, -0.05) is 67.9 Å². The highest BCUT2D eigenvalue weighted by atomic mass is 16.7. The quantitative estimate of drug-likeness (QED) is 0.237. The molecule has 8 heteroatoms. The Kier molecular flexibility index (Phi) is 8.20. The number of anilines is 1. The molecule has 0 saturated carbocycles. The predicted molar refractivity (Wildman–Crippen MR) is 165 cm³/mol. The van der Waals surface area contributed by atoms with Crippen LogP contribution in [0.1, 0.15) is 42.9 Å². The largest absolute Gasteiger partial charge is 0.497 e. The fraction of sp³-hybridized carbons (Fsp3) is 0.314. The van der Waals surface area contributed by atoms with Crippen molar-refractivity contribution in [1.29, 1.82) is 0 Å². The number of benzene rings is 4. The van der Waals surface area contributed by atoms with Crippen LogP contribution in [0, 0.1) is 5.92 Å². The molecule has 6 rings (SSSR count). The minimum atomic E-state index is -0.907. The molecule has 1 N–H and O–H groups in total. The van der Waals surface area contributed by atoms with E-state index >= 15 is 0 Å². The van der Waals surface area contributed by atoms with Gasteiger partial charge in [-0.05, 0) is 53.3 Å². The lowest BCUT2D eigenvalue weighted by atomic mass is 9.82. The number of aliphatic carboxylic acids is 1. The Bertz CT molecular complexity index is 1620. The summed E-state index contributed by atoms with van der Waals surface area (Å²) in [6, 6.07) is 26.7. The second kappa shape index (κ2) is 12.4. The van der Waals surface area contributed by atoms with E-state index in [2.05, 4.69) is 19.1 Å². The molecule has 1 amide bonds. The molecule has 3 atom stereocenters. The normalized spacial score (nSPS) is 19.4. The van der Waals surface area contributed by atoms with Crippen LogP contribution < -0.4 is 19.1 Å². The molecule has 0 spiro atoms. The van der Waals surface area contributed by atoms with Crippen LogP contribution in [0.2, 0.25) is 0 Å². The Labute approximate surface area is 251 Å². The van der Waals surface area contributed by atoms with Crippen LogP contribution in [0.25, 0.3) is 10.8 Å². The molecule has 3 unspecified atom stereocenters. The van der Waals surface area contributed by atoms with E-state index in [0.29, 0.717) is 30.3 Å². The first kappa shape index (κ1) is 28.6. The third-order valence-corrected chi connectivity index (χ3v) is 8.60. The van der Waals surface area contributed by atoms with Gasteiger partial charge >= 0.3 is 5.97 Å². The third kappa shape index (κ3) is 5.62. The summed E-state index contributed by atoms with van der Waals surface area (Å²) in [5.41, 5.74) is 2.55. The van der Waals surface area contributed by atoms with Crippen LogP contribution in [0.3, 0.4) is 0 Å². The van der Waals surface area contributed by atoms with Crippen LogP contribution in [0.15, 0.2) is 84.9 Å². The molecule has 1 fully saturated rings. The van der Waals surface area contributed by atoms with Crippen molar-refractivity contribution in [3.05, 3.63) is 96.1 Å². The number of carbonyl (C=O) groups excluding carboxylic acids is 1. The van der Waals surface area contributed by atoms with Crippen molar-refractivity contribution in [3.63, 3.8) is 0 Å². The van der Waals surface area contributed by atoms with Gasteiger partial charge in [-0.2, -0.15) is 0 Å². The molecule has 2 aliphatic rings. The summed E-state index contributed by atoms with van der Waals surface area (Å²) in [4.78, 5) is 31.2. The molecule has 2 heterocycles. The number of ether oxygens (including phenoxy) is 3. The zero-order valence-corrected chi connectivity index (χ0v) is 24.4. The van der Waals surface area contributed by atoms with Gasteiger partial charge in [0.1, 0.15) is 5.75 Å². The van der Waals surface area contributed by atoms with Crippen molar-refractivity contribution in [1.82, 2.24) is 4.90 Å². The minimum Gasteiger partial charge on any atom is -0.497 e. The molecule has 43 heavy (non-hydrogen) atoms. The molecule has 222 valence electrons. The van der Waals surface area contributed by atoms with Gasteiger partial charge in [-0.25, -0.2) is 0 Å². The average molecular weight is 581 g/mol. The van der Waals surface area contributed by atoms with Gasteiger partial charge < -0.3 is 24.2 Å². The molecular weight excluding hydrogens is 544 g/mol. The van der Waals surface area contributed by atoms with Gasteiger partial charge in [-0.3, -0.25) is 14.5 Å². The number of carboxylic acid groups (broad SMARTS) is 1. The first-order chi connectivity index (χ1) is 21.0. The average Bonchev–Trinajstić information content (AvgIpc) is 3.66. The smallest absolute Gasteiger partial charge is 0.309 e. The van der Waals surface area contributed by atoms with E-state index in [1.807, 2.05) is 82.6 Å². The van der Waals surface area contributed by atoms with Gasteiger partial charge in [-0.15, -0.1) is 0 Å². The second-order valence-electron chi connectivity index (χ2n) is 11.1. The number of methoxy groups -OCH3 is 1. The first-order valence-electron chi connectivity index (χ1n) is 14.8. The summed E-state index contributed by atoms with van der Waals surface area (Å²) in [5.74, 6) is -0.177.